The zero-order valence-corrected chi connectivity index (χ0v) is 11.6. The molecule has 3 unspecified atom stereocenters. The molecule has 2 saturated carbocycles. The van der Waals surface area contributed by atoms with Gasteiger partial charge < -0.3 is 9.47 Å². The molecule has 0 aromatic heterocycles. The van der Waals surface area contributed by atoms with Gasteiger partial charge in [0, 0.05) is 5.92 Å². The van der Waals surface area contributed by atoms with Crippen LogP contribution < -0.4 is 0 Å². The highest BCUT2D eigenvalue weighted by Gasteiger charge is 2.41. The van der Waals surface area contributed by atoms with Crippen molar-refractivity contribution in [2.45, 2.75) is 32.3 Å². The number of carbonyl (C=O) groups is 2. The van der Waals surface area contributed by atoms with Crippen LogP contribution in [0.5, 0.6) is 0 Å². The van der Waals surface area contributed by atoms with Crippen LogP contribution in [-0.2, 0) is 19.1 Å². The van der Waals surface area contributed by atoms with E-state index in [1.54, 1.807) is 6.92 Å². The Bertz CT molecular complexity index is 357. The second kappa shape index (κ2) is 7.12. The third-order valence-electron chi connectivity index (χ3n) is 3.40. The van der Waals surface area contributed by atoms with Gasteiger partial charge in [-0.05, 0) is 38.0 Å². The summed E-state index contributed by atoms with van der Waals surface area (Å²) in [5.41, 5.74) is 0. The maximum atomic E-state index is 11.0. The van der Waals surface area contributed by atoms with Crippen molar-refractivity contribution < 1.29 is 19.1 Å². The molecule has 0 spiro atoms. The molecular weight excluding hydrogens is 244 g/mol. The van der Waals surface area contributed by atoms with Crippen molar-refractivity contribution in [3.8, 4) is 0 Å². The average molecular weight is 266 g/mol. The first-order valence-electron chi connectivity index (χ1n) is 6.57. The Morgan fingerprint density at radius 3 is 2.16 bits per heavy atom. The van der Waals surface area contributed by atoms with Crippen molar-refractivity contribution in [2.24, 2.45) is 17.8 Å². The summed E-state index contributed by atoms with van der Waals surface area (Å²) in [5.74, 6) is -0.256. The van der Waals surface area contributed by atoms with E-state index in [4.69, 9.17) is 4.74 Å². The average Bonchev–Trinajstić information content (AvgIpc) is 3.31. The van der Waals surface area contributed by atoms with Gasteiger partial charge in [-0.2, -0.15) is 0 Å². The van der Waals surface area contributed by atoms with Crippen molar-refractivity contribution in [3.05, 3.63) is 25.3 Å². The van der Waals surface area contributed by atoms with Gasteiger partial charge in [0.2, 0.25) is 0 Å². The van der Waals surface area contributed by atoms with Crippen molar-refractivity contribution in [2.75, 3.05) is 7.11 Å². The second-order valence-corrected chi connectivity index (χ2v) is 4.97. The van der Waals surface area contributed by atoms with Gasteiger partial charge in [-0.3, -0.25) is 0 Å². The van der Waals surface area contributed by atoms with E-state index >= 15 is 0 Å². The fraction of sp³-hybridized carbons (Fsp3) is 0.600. The predicted molar refractivity (Wildman–Crippen MR) is 72.3 cm³/mol. The Labute approximate surface area is 114 Å². The SMILES string of the molecule is C=CC1CC1.C=CC1CC1C(C)OC(=O)C(=O)OC. The molecule has 4 heteroatoms. The molecule has 0 saturated heterocycles. The zero-order chi connectivity index (χ0) is 14.4. The van der Waals surface area contributed by atoms with Crippen molar-refractivity contribution >= 4 is 11.9 Å². The minimum absolute atomic E-state index is 0.246. The van der Waals surface area contributed by atoms with E-state index in [1.165, 1.54) is 12.8 Å². The Morgan fingerprint density at radius 2 is 1.84 bits per heavy atom. The van der Waals surface area contributed by atoms with Gasteiger partial charge >= 0.3 is 11.9 Å². The number of hydrogen-bond acceptors (Lipinski definition) is 4. The first-order chi connectivity index (χ1) is 9.03. The van der Waals surface area contributed by atoms with Crippen LogP contribution in [0.4, 0.5) is 0 Å². The molecule has 0 bridgehead atoms. The minimum atomic E-state index is -0.951. The summed E-state index contributed by atoms with van der Waals surface area (Å²) in [6, 6.07) is 0. The van der Waals surface area contributed by atoms with E-state index in [9.17, 15) is 9.59 Å². The van der Waals surface area contributed by atoms with Gasteiger partial charge in [0.25, 0.3) is 0 Å². The summed E-state index contributed by atoms with van der Waals surface area (Å²) in [4.78, 5) is 21.7. The van der Waals surface area contributed by atoms with Crippen molar-refractivity contribution in [1.82, 2.24) is 0 Å². The summed E-state index contributed by atoms with van der Waals surface area (Å²) >= 11 is 0. The molecule has 106 valence electrons. The predicted octanol–water partition coefficient (Wildman–Crippen LogP) is 2.50. The van der Waals surface area contributed by atoms with Crippen LogP contribution in [0.3, 0.4) is 0 Å². The smallest absolute Gasteiger partial charge is 0.417 e. The monoisotopic (exact) mass is 266 g/mol. The summed E-state index contributed by atoms with van der Waals surface area (Å²) in [5, 5.41) is 0. The topological polar surface area (TPSA) is 52.6 Å². The van der Waals surface area contributed by atoms with Crippen LogP contribution in [-0.4, -0.2) is 25.2 Å². The summed E-state index contributed by atoms with van der Waals surface area (Å²) < 4.78 is 9.13. The molecule has 0 radical (unpaired) electrons. The largest absolute Gasteiger partial charge is 0.461 e. The molecule has 0 heterocycles. The quantitative estimate of drug-likeness (QED) is 0.445. The third-order valence-corrected chi connectivity index (χ3v) is 3.40. The highest BCUT2D eigenvalue weighted by molar-refractivity contribution is 6.29. The number of allylic oxidation sites excluding steroid dienone is 2. The van der Waals surface area contributed by atoms with Gasteiger partial charge in [-0.15, -0.1) is 13.2 Å². The lowest BCUT2D eigenvalue weighted by molar-refractivity contribution is -0.169. The molecule has 0 aromatic carbocycles. The van der Waals surface area contributed by atoms with Crippen molar-refractivity contribution in [1.29, 1.82) is 0 Å². The van der Waals surface area contributed by atoms with E-state index in [1.807, 2.05) is 12.2 Å². The Kier molecular flexibility index (Phi) is 5.80. The first kappa shape index (κ1) is 15.5. The van der Waals surface area contributed by atoms with Gasteiger partial charge in [-0.25, -0.2) is 9.59 Å². The lowest BCUT2D eigenvalue weighted by Crippen LogP contribution is -2.25. The van der Waals surface area contributed by atoms with Crippen molar-refractivity contribution in [3.63, 3.8) is 0 Å². The van der Waals surface area contributed by atoms with E-state index in [0.29, 0.717) is 11.8 Å². The Morgan fingerprint density at radius 1 is 1.21 bits per heavy atom. The fourth-order valence-electron chi connectivity index (χ4n) is 1.77. The molecule has 0 aromatic rings. The molecule has 4 nitrogen and oxygen atoms in total. The van der Waals surface area contributed by atoms with Crippen LogP contribution in [0.1, 0.15) is 26.2 Å². The summed E-state index contributed by atoms with van der Waals surface area (Å²) in [6.07, 6.45) is 7.38. The van der Waals surface area contributed by atoms with Gasteiger partial charge in [0.05, 0.1) is 7.11 Å². The second-order valence-electron chi connectivity index (χ2n) is 4.97. The molecule has 19 heavy (non-hydrogen) atoms. The summed E-state index contributed by atoms with van der Waals surface area (Å²) in [7, 11) is 1.15. The molecule has 2 aliphatic rings. The highest BCUT2D eigenvalue weighted by Crippen LogP contribution is 2.42. The Balaban J connectivity index is 0.000000300. The Hall–Kier alpha value is -1.58. The third kappa shape index (κ3) is 5.28. The number of ether oxygens (including phenoxy) is 2. The maximum absolute atomic E-state index is 11.0. The number of hydrogen-bond donors (Lipinski definition) is 0. The standard InChI is InChI=1S/C10H14O4.C5H8/c1-4-7-5-8(7)6(2)14-10(12)9(11)13-3;1-2-5-3-4-5/h4,6-8H,1,5H2,2-3H3;2,5H,1,3-4H2. The van der Waals surface area contributed by atoms with Crippen LogP contribution in [0.15, 0.2) is 25.3 Å². The number of methoxy groups -OCH3 is 1. The van der Waals surface area contributed by atoms with Crippen LogP contribution in [0.2, 0.25) is 0 Å². The minimum Gasteiger partial charge on any atom is -0.461 e. The van der Waals surface area contributed by atoms with E-state index in [0.717, 1.165) is 19.4 Å². The number of esters is 2. The molecule has 2 aliphatic carbocycles. The molecule has 0 N–H and O–H groups in total. The van der Waals surface area contributed by atoms with Gasteiger partial charge in [0.15, 0.2) is 0 Å². The number of rotatable bonds is 4. The van der Waals surface area contributed by atoms with E-state index in [-0.39, 0.29) is 6.10 Å². The molecule has 0 aliphatic heterocycles. The van der Waals surface area contributed by atoms with Crippen LogP contribution >= 0.6 is 0 Å². The first-order valence-corrected chi connectivity index (χ1v) is 6.57. The molecule has 2 rings (SSSR count). The maximum Gasteiger partial charge on any atom is 0.417 e. The molecule has 0 amide bonds. The zero-order valence-electron chi connectivity index (χ0n) is 11.6. The molecular formula is C15H22O4. The fourth-order valence-corrected chi connectivity index (χ4v) is 1.77. The van der Waals surface area contributed by atoms with Gasteiger partial charge in [-0.1, -0.05) is 12.2 Å². The normalized spacial score (nSPS) is 25.2. The molecule has 2 fully saturated rings. The number of carbonyl (C=O) groups excluding carboxylic acids is 2. The highest BCUT2D eigenvalue weighted by atomic mass is 16.6. The van der Waals surface area contributed by atoms with E-state index < -0.39 is 11.9 Å². The van der Waals surface area contributed by atoms with Crippen LogP contribution in [0.25, 0.3) is 0 Å². The van der Waals surface area contributed by atoms with E-state index in [2.05, 4.69) is 17.9 Å². The lowest BCUT2D eigenvalue weighted by Gasteiger charge is -2.10. The summed E-state index contributed by atoms with van der Waals surface area (Å²) in [6.45, 7) is 9.05. The lowest BCUT2D eigenvalue weighted by atomic mass is 10.2. The van der Waals surface area contributed by atoms with Gasteiger partial charge in [0.1, 0.15) is 6.10 Å². The van der Waals surface area contributed by atoms with Crippen LogP contribution in [0, 0.1) is 17.8 Å². The molecule has 3 atom stereocenters.